The predicted molar refractivity (Wildman–Crippen MR) is 213 cm³/mol. The number of aromatic nitrogens is 2. The summed E-state index contributed by atoms with van der Waals surface area (Å²) in [7, 11) is 0. The quantitative estimate of drug-likeness (QED) is 0.0844. The third-order valence-electron chi connectivity index (χ3n) is 9.34. The number of carbonyl (C=O) groups is 2. The molecule has 0 amide bonds. The van der Waals surface area contributed by atoms with Crippen LogP contribution in [0.15, 0.2) is 95.5 Å². The largest absolute Gasteiger partial charge is 0.486 e. The fraction of sp³-hybridized carbons (Fsp3) is 0.318. The topological polar surface area (TPSA) is 60.4 Å². The Hall–Kier alpha value is -4.66. The molecule has 266 valence electrons. The van der Waals surface area contributed by atoms with Gasteiger partial charge in [0, 0.05) is 59.4 Å². The van der Waals surface area contributed by atoms with Crippen molar-refractivity contribution in [3.05, 3.63) is 117 Å². The second-order valence-corrected chi connectivity index (χ2v) is 16.0. The summed E-state index contributed by atoms with van der Waals surface area (Å²) in [5.41, 5.74) is 7.12. The van der Waals surface area contributed by atoms with Gasteiger partial charge >= 0.3 is 0 Å². The van der Waals surface area contributed by atoms with Crippen molar-refractivity contribution in [1.29, 1.82) is 0 Å². The average Bonchev–Trinajstić information content (AvgIpc) is 3.68. The second kappa shape index (κ2) is 15.1. The van der Waals surface area contributed by atoms with E-state index in [1.807, 2.05) is 64.1 Å². The van der Waals surface area contributed by atoms with Crippen molar-refractivity contribution in [3.8, 4) is 0 Å². The molecule has 0 saturated heterocycles. The first-order valence-electron chi connectivity index (χ1n) is 18.5. The molecule has 2 aliphatic rings. The van der Waals surface area contributed by atoms with Crippen molar-refractivity contribution in [3.63, 3.8) is 0 Å². The summed E-state index contributed by atoms with van der Waals surface area (Å²) in [5, 5.41) is 2.10. The molecule has 0 aliphatic heterocycles. The van der Waals surface area contributed by atoms with Crippen molar-refractivity contribution < 1.29 is 28.2 Å². The molecule has 0 radical (unpaired) electrons. The van der Waals surface area contributed by atoms with Crippen LogP contribution < -0.4 is 9.13 Å². The van der Waals surface area contributed by atoms with Crippen molar-refractivity contribution in [2.24, 2.45) is 0 Å². The fourth-order valence-electron chi connectivity index (χ4n) is 6.83. The number of unbranched alkanes of at least 4 members (excludes halogenated alkanes) is 2. The minimum Gasteiger partial charge on any atom is -0.486 e. The molecule has 2 heterocycles. The molecule has 2 aliphatic carbocycles. The van der Waals surface area contributed by atoms with Gasteiger partial charge in [0.15, 0.2) is 24.6 Å². The fourth-order valence-corrected chi connectivity index (χ4v) is 9.09. The van der Waals surface area contributed by atoms with Crippen molar-refractivity contribution in [2.75, 3.05) is 0 Å². The van der Waals surface area contributed by atoms with E-state index >= 15 is 0 Å². The van der Waals surface area contributed by atoms with Gasteiger partial charge in [-0.3, -0.25) is 9.59 Å². The molecule has 0 fully saturated rings. The third-order valence-corrected chi connectivity index (χ3v) is 11.6. The normalized spacial score (nSPS) is 16.3. The summed E-state index contributed by atoms with van der Waals surface area (Å²) < 4.78 is 19.3. The zero-order chi connectivity index (χ0) is 36.5. The van der Waals surface area contributed by atoms with Crippen LogP contribution in [0.2, 0.25) is 0 Å². The lowest BCUT2D eigenvalue weighted by atomic mass is 9.79. The molecule has 52 heavy (non-hydrogen) atoms. The number of hydrogen-bond acceptors (Lipinski definition) is 6. The summed E-state index contributed by atoms with van der Waals surface area (Å²) in [6.45, 7) is 14.0. The maximum Gasteiger partial charge on any atom is 0.263 e. The highest BCUT2D eigenvalue weighted by molar-refractivity contribution is 7.19. The second-order valence-electron chi connectivity index (χ2n) is 13.9. The van der Waals surface area contributed by atoms with E-state index in [-0.39, 0.29) is 23.8 Å². The molecule has 8 heteroatoms. The number of fused-ring (bicyclic) bond motifs is 2. The predicted octanol–water partition coefficient (Wildman–Crippen LogP) is 9.90. The van der Waals surface area contributed by atoms with E-state index in [4.69, 9.17) is 9.47 Å². The van der Waals surface area contributed by atoms with E-state index in [9.17, 15) is 9.59 Å². The summed E-state index contributed by atoms with van der Waals surface area (Å²) in [6.07, 6.45) is 8.08. The van der Waals surface area contributed by atoms with Gasteiger partial charge in [0.05, 0.1) is 12.2 Å². The van der Waals surface area contributed by atoms with Gasteiger partial charge in [0.25, 0.3) is 10.0 Å². The average molecular weight is 731 g/mol. The highest BCUT2D eigenvalue weighted by Gasteiger charge is 2.40. The van der Waals surface area contributed by atoms with Gasteiger partial charge in [-0.1, -0.05) is 97.9 Å². The molecular formula is C44H46N2O4S2+2. The monoisotopic (exact) mass is 730 g/mol. The Bertz CT molecular complexity index is 2150. The lowest BCUT2D eigenvalue weighted by molar-refractivity contribution is -0.669. The highest BCUT2D eigenvalue weighted by atomic mass is 32.1. The van der Waals surface area contributed by atoms with Crippen LogP contribution in [0.1, 0.15) is 88.4 Å². The number of thiazole rings is 2. The molecule has 0 N–H and O–H groups in total. The van der Waals surface area contributed by atoms with Crippen molar-refractivity contribution >= 4 is 78.0 Å². The Morgan fingerprint density at radius 1 is 0.596 bits per heavy atom. The number of Topliss-reactive ketones (excluding diaryl/α,β-unsaturated/α-hetero) is 2. The van der Waals surface area contributed by atoms with Crippen LogP contribution in [-0.2, 0) is 32.2 Å². The standard InChI is InChI=1S/C44H46N2O4S2/c1-7-9-23-45-33-15-11-13-17-35(33)51-37(45)25-31-39(43(41(31)47)49-27(3)4)29-19-21-30(22-20-29)40-32(42(48)44(40)50-28(5)6)26-38-46(24-10-8-2)34-16-12-14-18-36(34)52-38/h11-22,25-28H,7-10,23-24H2,1-6H3/q+2/b31-25-,32-26+. The van der Waals surface area contributed by atoms with Crippen LogP contribution in [0.4, 0.5) is 0 Å². The number of ether oxygens (including phenoxy) is 2. The Kier molecular flexibility index (Phi) is 10.4. The Morgan fingerprint density at radius 2 is 0.981 bits per heavy atom. The van der Waals surface area contributed by atoms with Gasteiger partial charge in [0.2, 0.25) is 22.6 Å². The van der Waals surface area contributed by atoms with Gasteiger partial charge in [-0.15, -0.1) is 0 Å². The number of carbonyl (C=O) groups excluding carboxylic acids is 2. The molecule has 0 saturated carbocycles. The molecule has 2 aromatic heterocycles. The number of ketones is 2. The van der Waals surface area contributed by atoms with Crippen LogP contribution in [0.5, 0.6) is 0 Å². The van der Waals surface area contributed by atoms with Crippen LogP contribution in [0.3, 0.4) is 0 Å². The van der Waals surface area contributed by atoms with Gasteiger partial charge in [-0.2, -0.15) is 9.13 Å². The Balaban J connectivity index is 1.29. The molecule has 0 unspecified atom stereocenters. The first-order valence-corrected chi connectivity index (χ1v) is 20.1. The minimum absolute atomic E-state index is 0.0721. The first-order chi connectivity index (χ1) is 25.2. The number of allylic oxidation sites excluding steroid dienone is 4. The maximum absolute atomic E-state index is 13.7. The van der Waals surface area contributed by atoms with E-state index in [2.05, 4.69) is 71.5 Å². The minimum atomic E-state index is -0.142. The van der Waals surface area contributed by atoms with Crippen LogP contribution in [0, 0.1) is 0 Å². The summed E-state index contributed by atoms with van der Waals surface area (Å²) in [6, 6.07) is 25.0. The Morgan fingerprint density at radius 3 is 1.35 bits per heavy atom. The van der Waals surface area contributed by atoms with Gasteiger partial charge in [-0.05, 0) is 51.0 Å². The summed E-state index contributed by atoms with van der Waals surface area (Å²) >= 11 is 3.41. The number of para-hydroxylation sites is 2. The number of nitrogens with zero attached hydrogens (tertiary/aromatic N) is 2. The zero-order valence-corrected chi connectivity index (χ0v) is 32.5. The number of benzene rings is 3. The SMILES string of the molecule is CCCC[n+]1c(/C=C2\C(=O)C(OC(C)C)=C2c2ccc(C3=C(OC(C)C)C(=O)/C3=C/c3sc4ccccc4[n+]3CCCC)cc2)sc2ccccc21. The first kappa shape index (κ1) is 35.7. The molecular weight excluding hydrogens is 685 g/mol. The zero-order valence-electron chi connectivity index (χ0n) is 30.8. The molecule has 7 rings (SSSR count). The molecule has 0 bridgehead atoms. The van der Waals surface area contributed by atoms with Crippen molar-refractivity contribution in [2.45, 2.75) is 92.5 Å². The lowest BCUT2D eigenvalue weighted by Gasteiger charge is -2.29. The number of rotatable bonds is 14. The van der Waals surface area contributed by atoms with Crippen LogP contribution in [0.25, 0.3) is 43.7 Å². The Labute approximate surface area is 314 Å². The van der Waals surface area contributed by atoms with E-state index in [1.54, 1.807) is 22.7 Å². The van der Waals surface area contributed by atoms with E-state index in [0.717, 1.165) is 71.1 Å². The van der Waals surface area contributed by atoms with E-state index < -0.39 is 0 Å². The maximum atomic E-state index is 13.7. The molecule has 0 spiro atoms. The van der Waals surface area contributed by atoms with Gasteiger partial charge in [-0.25, -0.2) is 0 Å². The van der Waals surface area contributed by atoms with Gasteiger partial charge in [0.1, 0.15) is 9.40 Å². The molecule has 3 aromatic carbocycles. The summed E-state index contributed by atoms with van der Waals surface area (Å²) in [5.74, 6) is 0.660. The molecule has 0 atom stereocenters. The number of hydrogen-bond donors (Lipinski definition) is 0. The van der Waals surface area contributed by atoms with E-state index in [1.165, 1.54) is 20.4 Å². The smallest absolute Gasteiger partial charge is 0.263 e. The molecule has 6 nitrogen and oxygen atoms in total. The lowest BCUT2D eigenvalue weighted by Crippen LogP contribution is -2.35. The summed E-state index contributed by atoms with van der Waals surface area (Å²) in [4.78, 5) is 27.4. The highest BCUT2D eigenvalue weighted by Crippen LogP contribution is 2.44. The van der Waals surface area contributed by atoms with E-state index in [0.29, 0.717) is 22.7 Å². The third kappa shape index (κ3) is 6.70. The molecule has 5 aromatic rings. The van der Waals surface area contributed by atoms with Crippen LogP contribution in [-0.4, -0.2) is 23.8 Å². The number of aryl methyl sites for hydroxylation is 2. The van der Waals surface area contributed by atoms with Crippen LogP contribution >= 0.6 is 22.7 Å². The van der Waals surface area contributed by atoms with Gasteiger partial charge < -0.3 is 9.47 Å². The van der Waals surface area contributed by atoms with Crippen molar-refractivity contribution in [1.82, 2.24) is 0 Å².